The molecule has 8 heteroatoms. The molecule has 1 amide bonds. The van der Waals surface area contributed by atoms with E-state index in [0.29, 0.717) is 19.4 Å². The van der Waals surface area contributed by atoms with Crippen molar-refractivity contribution in [2.45, 2.75) is 71.9 Å². The van der Waals surface area contributed by atoms with Gasteiger partial charge in [0.1, 0.15) is 12.3 Å². The monoisotopic (exact) mass is 700 g/mol. The Morgan fingerprint density at radius 1 is 0.885 bits per heavy atom. The van der Waals surface area contributed by atoms with E-state index in [4.69, 9.17) is 14.5 Å². The smallest absolute Gasteiger partial charge is 0.306 e. The third-order valence-electron chi connectivity index (χ3n) is 11.2. The number of pyridine rings is 1. The van der Waals surface area contributed by atoms with Gasteiger partial charge < -0.3 is 18.9 Å². The van der Waals surface area contributed by atoms with Crippen molar-refractivity contribution >= 4 is 33.8 Å². The van der Waals surface area contributed by atoms with Gasteiger partial charge in [-0.25, -0.2) is 4.98 Å². The molecule has 7 rings (SSSR count). The highest BCUT2D eigenvalue weighted by Gasteiger charge is 2.35. The van der Waals surface area contributed by atoms with Crippen LogP contribution in [0.4, 0.5) is 0 Å². The molecule has 2 fully saturated rings. The Kier molecular flexibility index (Phi) is 11.3. The van der Waals surface area contributed by atoms with E-state index >= 15 is 0 Å². The normalized spacial score (nSPS) is 16.4. The molecule has 272 valence electrons. The Morgan fingerprint density at radius 2 is 1.60 bits per heavy atom. The van der Waals surface area contributed by atoms with Gasteiger partial charge in [0.25, 0.3) is 0 Å². The van der Waals surface area contributed by atoms with Crippen molar-refractivity contribution in [3.8, 4) is 0 Å². The Morgan fingerprint density at radius 3 is 2.33 bits per heavy atom. The average Bonchev–Trinajstić information content (AvgIpc) is 3.48. The number of carbonyl (C=O) groups is 2. The Labute approximate surface area is 307 Å². The van der Waals surface area contributed by atoms with Crippen LogP contribution in [0.2, 0.25) is 0 Å². The van der Waals surface area contributed by atoms with Gasteiger partial charge in [-0.15, -0.1) is 0 Å². The summed E-state index contributed by atoms with van der Waals surface area (Å²) in [5, 5.41) is 2.30. The number of esters is 1. The highest BCUT2D eigenvalue weighted by Crippen LogP contribution is 2.36. The number of nitrogens with zero attached hydrogens (tertiary/aromatic N) is 4. The van der Waals surface area contributed by atoms with Crippen molar-refractivity contribution in [3.63, 3.8) is 0 Å². The zero-order valence-corrected chi connectivity index (χ0v) is 31.0. The molecule has 0 aliphatic carbocycles. The molecule has 0 N–H and O–H groups in total. The Balaban J connectivity index is 1.12. The van der Waals surface area contributed by atoms with Crippen molar-refractivity contribution in [1.29, 1.82) is 0 Å². The molecule has 1 unspecified atom stereocenters. The second-order valence-electron chi connectivity index (χ2n) is 14.6. The molecule has 1 atom stereocenters. The number of benzene rings is 3. The fourth-order valence-corrected chi connectivity index (χ4v) is 8.37. The first-order valence-electron chi connectivity index (χ1n) is 19.2. The van der Waals surface area contributed by atoms with Gasteiger partial charge in [0.2, 0.25) is 5.91 Å². The lowest BCUT2D eigenvalue weighted by Crippen LogP contribution is -2.51. The molecule has 2 saturated heterocycles. The molecule has 52 heavy (non-hydrogen) atoms. The topological polar surface area (TPSA) is 76.9 Å². The first-order chi connectivity index (χ1) is 25.4. The number of hydrogen-bond acceptors (Lipinski definition) is 6. The summed E-state index contributed by atoms with van der Waals surface area (Å²) in [6, 6.07) is 27.1. The van der Waals surface area contributed by atoms with Crippen molar-refractivity contribution < 1.29 is 19.1 Å². The lowest BCUT2D eigenvalue weighted by molar-refractivity contribution is -0.145. The van der Waals surface area contributed by atoms with E-state index in [1.165, 1.54) is 5.56 Å². The summed E-state index contributed by atoms with van der Waals surface area (Å²) < 4.78 is 13.6. The van der Waals surface area contributed by atoms with Crippen LogP contribution in [0.1, 0.15) is 72.0 Å². The summed E-state index contributed by atoms with van der Waals surface area (Å²) in [7, 11) is 0. The number of ether oxygens (including phenoxy) is 2. The molecule has 0 radical (unpaired) electrons. The molecule has 2 aromatic heterocycles. The van der Waals surface area contributed by atoms with Gasteiger partial charge in [0, 0.05) is 68.8 Å². The van der Waals surface area contributed by atoms with Crippen LogP contribution >= 0.6 is 0 Å². The van der Waals surface area contributed by atoms with Gasteiger partial charge in [-0.2, -0.15) is 0 Å². The maximum Gasteiger partial charge on any atom is 0.306 e. The fourth-order valence-electron chi connectivity index (χ4n) is 8.37. The van der Waals surface area contributed by atoms with Crippen LogP contribution in [0.15, 0.2) is 78.9 Å². The summed E-state index contributed by atoms with van der Waals surface area (Å²) in [5.41, 5.74) is 8.55. The van der Waals surface area contributed by atoms with Gasteiger partial charge in [0.15, 0.2) is 0 Å². The third kappa shape index (κ3) is 7.79. The van der Waals surface area contributed by atoms with Crippen LogP contribution < -0.4 is 0 Å². The van der Waals surface area contributed by atoms with Crippen molar-refractivity contribution in [2.24, 2.45) is 5.92 Å². The number of carbonyl (C=O) groups excluding carboxylic acids is 2. The molecule has 2 aliphatic heterocycles. The Bertz CT molecular complexity index is 1990. The van der Waals surface area contributed by atoms with Crippen LogP contribution in [0.3, 0.4) is 0 Å². The van der Waals surface area contributed by atoms with Crippen molar-refractivity contribution in [1.82, 2.24) is 19.4 Å². The number of amides is 1. The van der Waals surface area contributed by atoms with E-state index in [-0.39, 0.29) is 30.3 Å². The minimum absolute atomic E-state index is 0.148. The molecule has 5 aromatic rings. The van der Waals surface area contributed by atoms with Crippen LogP contribution in [0.5, 0.6) is 0 Å². The van der Waals surface area contributed by atoms with E-state index < -0.39 is 0 Å². The zero-order valence-electron chi connectivity index (χ0n) is 31.0. The van der Waals surface area contributed by atoms with Gasteiger partial charge >= 0.3 is 5.97 Å². The second-order valence-corrected chi connectivity index (χ2v) is 14.6. The summed E-state index contributed by atoms with van der Waals surface area (Å²) in [6.45, 7) is 13.4. The standard InChI is InChI=1S/C44H52N4O4/c1-4-22-46-23-25-47(26-24-46)44(50)42(36-20-27-51-28-21-36)35-16-14-33(15-17-35)29-48-39-13-9-8-12-38(39)41-31(2)37(32(3)45-43(41)48)18-19-40(49)52-30-34-10-6-5-7-11-34/h5-17,36,42H,4,18-30H2,1-3H3. The molecule has 2 aliphatic rings. The van der Waals surface area contributed by atoms with Crippen molar-refractivity contribution in [3.05, 3.63) is 112 Å². The number of para-hydroxylation sites is 1. The molecule has 8 nitrogen and oxygen atoms in total. The quantitative estimate of drug-likeness (QED) is 0.125. The van der Waals surface area contributed by atoms with E-state index in [0.717, 1.165) is 115 Å². The predicted molar refractivity (Wildman–Crippen MR) is 206 cm³/mol. The first-order valence-corrected chi connectivity index (χ1v) is 19.2. The van der Waals surface area contributed by atoms with E-state index in [1.807, 2.05) is 37.3 Å². The van der Waals surface area contributed by atoms with Gasteiger partial charge in [-0.3, -0.25) is 14.5 Å². The predicted octanol–water partition coefficient (Wildman–Crippen LogP) is 7.60. The minimum atomic E-state index is -0.205. The maximum absolute atomic E-state index is 14.2. The number of aromatic nitrogens is 2. The molecule has 0 spiro atoms. The van der Waals surface area contributed by atoms with Crippen LogP contribution in [-0.4, -0.2) is 77.2 Å². The molecule has 4 heterocycles. The number of fused-ring (bicyclic) bond motifs is 3. The zero-order chi connectivity index (χ0) is 36.0. The summed E-state index contributed by atoms with van der Waals surface area (Å²) in [6.07, 6.45) is 3.85. The number of hydrogen-bond donors (Lipinski definition) is 0. The summed E-state index contributed by atoms with van der Waals surface area (Å²) >= 11 is 0. The van der Waals surface area contributed by atoms with Crippen LogP contribution in [0.25, 0.3) is 21.9 Å². The highest BCUT2D eigenvalue weighted by atomic mass is 16.5. The molecular weight excluding hydrogens is 649 g/mol. The molecule has 0 bridgehead atoms. The minimum Gasteiger partial charge on any atom is -0.461 e. The first kappa shape index (κ1) is 35.9. The number of aryl methyl sites for hydroxylation is 2. The average molecular weight is 701 g/mol. The summed E-state index contributed by atoms with van der Waals surface area (Å²) in [4.78, 5) is 36.7. The SMILES string of the molecule is CCCN1CCN(C(=O)C(c2ccc(Cn3c4ccccc4c4c(C)c(CCC(=O)OCc5ccccc5)c(C)nc43)cc2)C2CCOCC2)CC1. The third-order valence-corrected chi connectivity index (χ3v) is 11.2. The van der Waals surface area contributed by atoms with Crippen LogP contribution in [0, 0.1) is 19.8 Å². The van der Waals surface area contributed by atoms with Crippen molar-refractivity contribution in [2.75, 3.05) is 45.9 Å². The van der Waals surface area contributed by atoms with E-state index in [1.54, 1.807) is 0 Å². The highest BCUT2D eigenvalue weighted by molar-refractivity contribution is 6.08. The fraction of sp³-hybridized carbons (Fsp3) is 0.432. The van der Waals surface area contributed by atoms with Crippen LogP contribution in [-0.2, 0) is 38.6 Å². The maximum atomic E-state index is 14.2. The summed E-state index contributed by atoms with van der Waals surface area (Å²) in [5.74, 6) is 0.204. The van der Waals surface area contributed by atoms with Gasteiger partial charge in [-0.1, -0.05) is 79.7 Å². The second kappa shape index (κ2) is 16.4. The number of piperazine rings is 1. The Hall–Kier alpha value is -4.53. The lowest BCUT2D eigenvalue weighted by Gasteiger charge is -2.39. The van der Waals surface area contributed by atoms with Gasteiger partial charge in [0.05, 0.1) is 11.4 Å². The number of rotatable bonds is 12. The van der Waals surface area contributed by atoms with E-state index in [9.17, 15) is 9.59 Å². The molecule has 3 aromatic carbocycles. The van der Waals surface area contributed by atoms with E-state index in [2.05, 4.69) is 76.7 Å². The largest absolute Gasteiger partial charge is 0.461 e. The molecular formula is C44H52N4O4. The lowest BCUT2D eigenvalue weighted by atomic mass is 9.80. The molecule has 0 saturated carbocycles. The van der Waals surface area contributed by atoms with Gasteiger partial charge in [-0.05, 0) is 85.9 Å².